The summed E-state index contributed by atoms with van der Waals surface area (Å²) in [6, 6.07) is 5.79. The Kier molecular flexibility index (Phi) is 3.73. The highest BCUT2D eigenvalue weighted by Gasteiger charge is 2.11. The van der Waals surface area contributed by atoms with Crippen LogP contribution in [-0.2, 0) is 6.42 Å². The molecule has 2 aromatic rings. The van der Waals surface area contributed by atoms with E-state index in [0.717, 1.165) is 34.3 Å². The lowest BCUT2D eigenvalue weighted by Gasteiger charge is -2.12. The van der Waals surface area contributed by atoms with Crippen LogP contribution in [0.15, 0.2) is 18.2 Å². The summed E-state index contributed by atoms with van der Waals surface area (Å²) in [5, 5.41) is 1.62. The van der Waals surface area contributed by atoms with Crippen LogP contribution >= 0.6 is 11.6 Å². The highest BCUT2D eigenvalue weighted by atomic mass is 35.5. The molecule has 0 radical (unpaired) electrons. The van der Waals surface area contributed by atoms with E-state index in [-0.39, 0.29) is 6.04 Å². The van der Waals surface area contributed by atoms with Crippen LogP contribution in [0, 0.1) is 6.92 Å². The van der Waals surface area contributed by atoms with Gasteiger partial charge in [0, 0.05) is 28.2 Å². The van der Waals surface area contributed by atoms with E-state index in [0.29, 0.717) is 5.02 Å². The van der Waals surface area contributed by atoms with Gasteiger partial charge in [0.05, 0.1) is 12.6 Å². The third-order valence-corrected chi connectivity index (χ3v) is 3.03. The SMILES string of the molecule is COc1cc(C)nc2c(CC(C)N)cc(Cl)cc12. The van der Waals surface area contributed by atoms with Crippen LogP contribution in [0.2, 0.25) is 5.02 Å². The number of aromatic nitrogens is 1. The Morgan fingerprint density at radius 1 is 1.39 bits per heavy atom. The third-order valence-electron chi connectivity index (χ3n) is 2.81. The third kappa shape index (κ3) is 2.57. The number of nitrogens with zero attached hydrogens (tertiary/aromatic N) is 1. The molecule has 0 aliphatic heterocycles. The molecule has 1 aromatic carbocycles. The number of aryl methyl sites for hydroxylation is 1. The molecule has 3 nitrogen and oxygen atoms in total. The topological polar surface area (TPSA) is 48.1 Å². The number of fused-ring (bicyclic) bond motifs is 1. The molecule has 2 N–H and O–H groups in total. The van der Waals surface area contributed by atoms with Crippen LogP contribution in [0.4, 0.5) is 0 Å². The first-order chi connectivity index (χ1) is 8.51. The van der Waals surface area contributed by atoms with Crippen molar-refractivity contribution in [2.24, 2.45) is 5.73 Å². The molecule has 1 heterocycles. The molecule has 1 atom stereocenters. The van der Waals surface area contributed by atoms with Crippen molar-refractivity contribution in [2.75, 3.05) is 7.11 Å². The van der Waals surface area contributed by atoms with Gasteiger partial charge in [-0.05, 0) is 38.0 Å². The molecule has 18 heavy (non-hydrogen) atoms. The Labute approximate surface area is 112 Å². The van der Waals surface area contributed by atoms with Crippen molar-refractivity contribution < 1.29 is 4.74 Å². The standard InChI is InChI=1S/C14H17ClN2O/c1-8(16)4-10-6-11(15)7-12-13(18-3)5-9(2)17-14(10)12/h5-8H,4,16H2,1-3H3. The van der Waals surface area contributed by atoms with Crippen molar-refractivity contribution in [1.82, 2.24) is 4.98 Å². The van der Waals surface area contributed by atoms with Gasteiger partial charge in [-0.3, -0.25) is 4.98 Å². The normalized spacial score (nSPS) is 12.7. The lowest BCUT2D eigenvalue weighted by atomic mass is 10.0. The number of methoxy groups -OCH3 is 1. The van der Waals surface area contributed by atoms with E-state index < -0.39 is 0 Å². The van der Waals surface area contributed by atoms with Gasteiger partial charge in [0.1, 0.15) is 5.75 Å². The van der Waals surface area contributed by atoms with Gasteiger partial charge in [0.2, 0.25) is 0 Å². The van der Waals surface area contributed by atoms with Crippen LogP contribution in [0.25, 0.3) is 10.9 Å². The maximum absolute atomic E-state index is 6.15. The fourth-order valence-electron chi connectivity index (χ4n) is 2.12. The largest absolute Gasteiger partial charge is 0.496 e. The van der Waals surface area contributed by atoms with E-state index in [1.165, 1.54) is 0 Å². The van der Waals surface area contributed by atoms with E-state index in [2.05, 4.69) is 4.98 Å². The van der Waals surface area contributed by atoms with Crippen molar-refractivity contribution in [3.05, 3.63) is 34.5 Å². The maximum Gasteiger partial charge on any atom is 0.130 e. The Hall–Kier alpha value is -1.32. The molecule has 4 heteroatoms. The van der Waals surface area contributed by atoms with Gasteiger partial charge in [0.15, 0.2) is 0 Å². The van der Waals surface area contributed by atoms with Crippen molar-refractivity contribution in [2.45, 2.75) is 26.3 Å². The zero-order valence-corrected chi connectivity index (χ0v) is 11.6. The second-order valence-corrected chi connectivity index (χ2v) is 5.04. The summed E-state index contributed by atoms with van der Waals surface area (Å²) in [6.45, 7) is 3.92. The van der Waals surface area contributed by atoms with Gasteiger partial charge < -0.3 is 10.5 Å². The molecule has 0 bridgehead atoms. The predicted molar refractivity (Wildman–Crippen MR) is 75.4 cm³/mol. The minimum absolute atomic E-state index is 0.0694. The number of rotatable bonds is 3. The second kappa shape index (κ2) is 5.12. The second-order valence-electron chi connectivity index (χ2n) is 4.61. The average molecular weight is 265 g/mol. The van der Waals surface area contributed by atoms with E-state index >= 15 is 0 Å². The van der Waals surface area contributed by atoms with Crippen LogP contribution in [0.5, 0.6) is 5.75 Å². The Morgan fingerprint density at radius 3 is 2.72 bits per heavy atom. The average Bonchev–Trinajstić information content (AvgIpc) is 2.28. The number of hydrogen-bond donors (Lipinski definition) is 1. The quantitative estimate of drug-likeness (QED) is 0.927. The molecule has 2 rings (SSSR count). The number of benzene rings is 1. The molecule has 96 valence electrons. The lowest BCUT2D eigenvalue weighted by Crippen LogP contribution is -2.18. The van der Waals surface area contributed by atoms with Gasteiger partial charge in [-0.1, -0.05) is 11.6 Å². The zero-order valence-electron chi connectivity index (χ0n) is 10.8. The van der Waals surface area contributed by atoms with Crippen molar-refractivity contribution in [3.63, 3.8) is 0 Å². The van der Waals surface area contributed by atoms with Gasteiger partial charge >= 0.3 is 0 Å². The van der Waals surface area contributed by atoms with E-state index in [1.807, 2.05) is 32.0 Å². The minimum atomic E-state index is 0.0694. The van der Waals surface area contributed by atoms with Gasteiger partial charge in [-0.15, -0.1) is 0 Å². The number of halogens is 1. The summed E-state index contributed by atoms with van der Waals surface area (Å²) in [7, 11) is 1.65. The van der Waals surface area contributed by atoms with Gasteiger partial charge in [-0.25, -0.2) is 0 Å². The lowest BCUT2D eigenvalue weighted by molar-refractivity contribution is 0.419. The van der Waals surface area contributed by atoms with Gasteiger partial charge in [0.25, 0.3) is 0 Å². The number of pyridine rings is 1. The van der Waals surface area contributed by atoms with E-state index in [4.69, 9.17) is 22.1 Å². The molecule has 1 aromatic heterocycles. The first-order valence-corrected chi connectivity index (χ1v) is 6.28. The highest BCUT2D eigenvalue weighted by molar-refractivity contribution is 6.31. The van der Waals surface area contributed by atoms with Crippen LogP contribution in [-0.4, -0.2) is 18.1 Å². The summed E-state index contributed by atoms with van der Waals surface area (Å²) in [6.07, 6.45) is 0.747. The number of hydrogen-bond acceptors (Lipinski definition) is 3. The summed E-state index contributed by atoms with van der Waals surface area (Å²) in [4.78, 5) is 4.58. The highest BCUT2D eigenvalue weighted by Crippen LogP contribution is 2.31. The molecular formula is C14H17ClN2O. The van der Waals surface area contributed by atoms with E-state index in [9.17, 15) is 0 Å². The zero-order chi connectivity index (χ0) is 13.3. The van der Waals surface area contributed by atoms with Crippen LogP contribution in [0.3, 0.4) is 0 Å². The smallest absolute Gasteiger partial charge is 0.130 e. The molecule has 0 spiro atoms. The van der Waals surface area contributed by atoms with Gasteiger partial charge in [-0.2, -0.15) is 0 Å². The van der Waals surface area contributed by atoms with Crippen molar-refractivity contribution in [1.29, 1.82) is 0 Å². The summed E-state index contributed by atoms with van der Waals surface area (Å²) in [5.74, 6) is 0.797. The Bertz CT molecular complexity index is 582. The predicted octanol–water partition coefficient (Wildman–Crippen LogP) is 3.09. The van der Waals surface area contributed by atoms with Crippen molar-refractivity contribution in [3.8, 4) is 5.75 Å². The molecule has 0 saturated carbocycles. The summed E-state index contributed by atoms with van der Waals surface area (Å²) >= 11 is 6.15. The first-order valence-electron chi connectivity index (χ1n) is 5.90. The number of nitrogens with two attached hydrogens (primary N) is 1. The first kappa shape index (κ1) is 13.1. The number of ether oxygens (including phenoxy) is 1. The van der Waals surface area contributed by atoms with E-state index in [1.54, 1.807) is 7.11 Å². The van der Waals surface area contributed by atoms with Crippen molar-refractivity contribution >= 4 is 22.5 Å². The molecule has 0 saturated heterocycles. The summed E-state index contributed by atoms with van der Waals surface area (Å²) in [5.41, 5.74) is 8.78. The molecule has 0 aliphatic carbocycles. The van der Waals surface area contributed by atoms with Crippen LogP contribution in [0.1, 0.15) is 18.2 Å². The molecule has 0 aliphatic rings. The molecule has 0 fully saturated rings. The fraction of sp³-hybridized carbons (Fsp3) is 0.357. The molecule has 0 amide bonds. The Morgan fingerprint density at radius 2 is 2.11 bits per heavy atom. The maximum atomic E-state index is 6.15. The molecule has 1 unspecified atom stereocenters. The fourth-order valence-corrected chi connectivity index (χ4v) is 2.36. The Balaban J connectivity index is 2.74. The molecular weight excluding hydrogens is 248 g/mol. The monoisotopic (exact) mass is 264 g/mol. The van der Waals surface area contributed by atoms with Crippen LogP contribution < -0.4 is 10.5 Å². The summed E-state index contributed by atoms with van der Waals surface area (Å²) < 4.78 is 5.39. The minimum Gasteiger partial charge on any atom is -0.496 e.